The molecule has 0 aromatic heterocycles. The van der Waals surface area contributed by atoms with E-state index in [2.05, 4.69) is 11.0 Å². The van der Waals surface area contributed by atoms with Crippen LogP contribution in [0.3, 0.4) is 0 Å². The summed E-state index contributed by atoms with van der Waals surface area (Å²) < 4.78 is 5.20. The van der Waals surface area contributed by atoms with Crippen LogP contribution in [0.4, 0.5) is 0 Å². The third-order valence-electron chi connectivity index (χ3n) is 4.85. The van der Waals surface area contributed by atoms with Gasteiger partial charge in [-0.25, -0.2) is 0 Å². The van der Waals surface area contributed by atoms with Gasteiger partial charge >= 0.3 is 0 Å². The van der Waals surface area contributed by atoms with Gasteiger partial charge < -0.3 is 10.5 Å². The summed E-state index contributed by atoms with van der Waals surface area (Å²) in [5.41, 5.74) is 7.53. The molecule has 1 aromatic carbocycles. The smallest absolute Gasteiger partial charge is 0.137 e. The van der Waals surface area contributed by atoms with Gasteiger partial charge in [0.1, 0.15) is 5.75 Å². The van der Waals surface area contributed by atoms with Crippen LogP contribution in [0.5, 0.6) is 5.75 Å². The highest BCUT2D eigenvalue weighted by atomic mass is 35.5. The molecule has 0 amide bonds. The zero-order valence-corrected chi connectivity index (χ0v) is 12.8. The lowest BCUT2D eigenvalue weighted by atomic mass is 9.78. The molecule has 3 nitrogen and oxygen atoms in total. The van der Waals surface area contributed by atoms with Crippen LogP contribution in [0.1, 0.15) is 24.8 Å². The molecule has 0 radical (unpaired) electrons. The van der Waals surface area contributed by atoms with Crippen LogP contribution >= 0.6 is 11.6 Å². The first-order chi connectivity index (χ1) is 9.67. The molecule has 1 aliphatic carbocycles. The molecular weight excluding hydrogens is 272 g/mol. The Morgan fingerprint density at radius 2 is 2.20 bits per heavy atom. The Labute approximate surface area is 126 Å². The summed E-state index contributed by atoms with van der Waals surface area (Å²) in [7, 11) is 1.65. The van der Waals surface area contributed by atoms with Crippen LogP contribution < -0.4 is 10.5 Å². The number of nitrogens with zero attached hydrogens (tertiary/aromatic N) is 1. The fourth-order valence-corrected chi connectivity index (χ4v) is 4.08. The van der Waals surface area contributed by atoms with Gasteiger partial charge in [-0.3, -0.25) is 4.90 Å². The van der Waals surface area contributed by atoms with Crippen molar-refractivity contribution in [2.24, 2.45) is 17.6 Å². The summed E-state index contributed by atoms with van der Waals surface area (Å²) in [6.07, 6.45) is 3.84. The topological polar surface area (TPSA) is 38.5 Å². The fraction of sp³-hybridized carbons (Fsp3) is 0.625. The van der Waals surface area contributed by atoms with Gasteiger partial charge in [-0.15, -0.1) is 0 Å². The molecule has 1 aromatic rings. The van der Waals surface area contributed by atoms with Gasteiger partial charge in [0.25, 0.3) is 0 Å². The Kier molecular flexibility index (Phi) is 4.20. The van der Waals surface area contributed by atoms with E-state index < -0.39 is 0 Å². The Morgan fingerprint density at radius 1 is 1.35 bits per heavy atom. The van der Waals surface area contributed by atoms with Crippen LogP contribution in [0.25, 0.3) is 0 Å². The molecule has 1 aliphatic heterocycles. The quantitative estimate of drug-likeness (QED) is 0.931. The maximum absolute atomic E-state index is 6.27. The number of methoxy groups -OCH3 is 1. The number of fused-ring (bicyclic) bond motifs is 1. The summed E-state index contributed by atoms with van der Waals surface area (Å²) >= 11 is 6.20. The Balaban J connectivity index is 1.65. The predicted octanol–water partition coefficient (Wildman–Crippen LogP) is 2.91. The monoisotopic (exact) mass is 294 g/mol. The number of halogens is 1. The molecule has 4 heteroatoms. The van der Waals surface area contributed by atoms with Crippen molar-refractivity contribution in [2.75, 3.05) is 20.2 Å². The molecule has 2 N–H and O–H groups in total. The average molecular weight is 295 g/mol. The van der Waals surface area contributed by atoms with Crippen molar-refractivity contribution in [1.82, 2.24) is 4.90 Å². The molecule has 1 saturated carbocycles. The zero-order chi connectivity index (χ0) is 14.1. The minimum absolute atomic E-state index is 0.401. The highest BCUT2D eigenvalue weighted by Gasteiger charge is 2.38. The molecule has 110 valence electrons. The molecular formula is C16H23ClN2O. The van der Waals surface area contributed by atoms with Crippen LogP contribution in [-0.4, -0.2) is 31.1 Å². The second kappa shape index (κ2) is 5.92. The van der Waals surface area contributed by atoms with Crippen molar-refractivity contribution < 1.29 is 4.74 Å². The number of rotatable bonds is 3. The standard InChI is InChI=1S/C16H23ClN2O/c1-20-16-6-5-11(7-14(16)17)8-19-9-12-3-2-4-15(18)13(12)10-19/h5-7,12-13,15H,2-4,8-10,18H2,1H3. The van der Waals surface area contributed by atoms with E-state index in [1.54, 1.807) is 7.11 Å². The highest BCUT2D eigenvalue weighted by Crippen LogP contribution is 2.36. The van der Waals surface area contributed by atoms with Gasteiger partial charge in [0.05, 0.1) is 12.1 Å². The first-order valence-electron chi connectivity index (χ1n) is 7.47. The van der Waals surface area contributed by atoms with Crippen LogP contribution in [0, 0.1) is 11.8 Å². The average Bonchev–Trinajstić information content (AvgIpc) is 2.83. The summed E-state index contributed by atoms with van der Waals surface area (Å²) in [6.45, 7) is 3.28. The van der Waals surface area contributed by atoms with E-state index in [9.17, 15) is 0 Å². The molecule has 2 fully saturated rings. The van der Waals surface area contributed by atoms with E-state index >= 15 is 0 Å². The number of hydrogen-bond donors (Lipinski definition) is 1. The van der Waals surface area contributed by atoms with Gasteiger partial charge in [-0.05, 0) is 42.4 Å². The van der Waals surface area contributed by atoms with Crippen molar-refractivity contribution in [2.45, 2.75) is 31.8 Å². The fourth-order valence-electron chi connectivity index (χ4n) is 3.80. The predicted molar refractivity (Wildman–Crippen MR) is 82.1 cm³/mol. The molecule has 1 heterocycles. The number of ether oxygens (including phenoxy) is 1. The van der Waals surface area contributed by atoms with E-state index in [-0.39, 0.29) is 0 Å². The van der Waals surface area contributed by atoms with Crippen molar-refractivity contribution in [3.8, 4) is 5.75 Å². The molecule has 2 aliphatic rings. The molecule has 0 bridgehead atoms. The van der Waals surface area contributed by atoms with E-state index in [1.165, 1.54) is 31.4 Å². The largest absolute Gasteiger partial charge is 0.495 e. The first kappa shape index (κ1) is 14.2. The molecule has 3 atom stereocenters. The molecule has 20 heavy (non-hydrogen) atoms. The molecule has 0 spiro atoms. The van der Waals surface area contributed by atoms with E-state index in [1.807, 2.05) is 12.1 Å². The maximum atomic E-state index is 6.27. The summed E-state index contributed by atoms with van der Waals surface area (Å²) in [5.74, 6) is 2.23. The minimum atomic E-state index is 0.401. The van der Waals surface area contributed by atoms with E-state index in [0.717, 1.165) is 24.8 Å². The van der Waals surface area contributed by atoms with E-state index in [0.29, 0.717) is 17.0 Å². The van der Waals surface area contributed by atoms with E-state index in [4.69, 9.17) is 22.1 Å². The Hall–Kier alpha value is -0.770. The highest BCUT2D eigenvalue weighted by molar-refractivity contribution is 6.32. The lowest BCUT2D eigenvalue weighted by Crippen LogP contribution is -2.38. The summed E-state index contributed by atoms with van der Waals surface area (Å²) in [4.78, 5) is 2.53. The third-order valence-corrected chi connectivity index (χ3v) is 5.15. The summed E-state index contributed by atoms with van der Waals surface area (Å²) in [5, 5.41) is 0.693. The van der Waals surface area contributed by atoms with Crippen LogP contribution in [-0.2, 0) is 6.54 Å². The maximum Gasteiger partial charge on any atom is 0.137 e. The second-order valence-corrected chi connectivity index (χ2v) is 6.59. The van der Waals surface area contributed by atoms with Crippen LogP contribution in [0.2, 0.25) is 5.02 Å². The van der Waals surface area contributed by atoms with Crippen molar-refractivity contribution in [3.05, 3.63) is 28.8 Å². The van der Waals surface area contributed by atoms with Gasteiger partial charge in [-0.2, -0.15) is 0 Å². The lowest BCUT2D eigenvalue weighted by Gasteiger charge is -2.29. The lowest BCUT2D eigenvalue weighted by molar-refractivity contribution is 0.259. The molecule has 3 unspecified atom stereocenters. The van der Waals surface area contributed by atoms with Crippen LogP contribution in [0.15, 0.2) is 18.2 Å². The minimum Gasteiger partial charge on any atom is -0.495 e. The number of nitrogens with two attached hydrogens (primary N) is 1. The third kappa shape index (κ3) is 2.80. The normalized spacial score (nSPS) is 30.2. The van der Waals surface area contributed by atoms with Crippen molar-refractivity contribution in [3.63, 3.8) is 0 Å². The van der Waals surface area contributed by atoms with Gasteiger partial charge in [-0.1, -0.05) is 24.1 Å². The van der Waals surface area contributed by atoms with Gasteiger partial charge in [0, 0.05) is 25.7 Å². The van der Waals surface area contributed by atoms with Crippen molar-refractivity contribution in [1.29, 1.82) is 0 Å². The number of likely N-dealkylation sites (tertiary alicyclic amines) is 1. The first-order valence-corrected chi connectivity index (χ1v) is 7.85. The number of benzene rings is 1. The van der Waals surface area contributed by atoms with Gasteiger partial charge in [0.2, 0.25) is 0 Å². The van der Waals surface area contributed by atoms with Crippen molar-refractivity contribution >= 4 is 11.6 Å². The second-order valence-electron chi connectivity index (χ2n) is 6.18. The summed E-state index contributed by atoms with van der Waals surface area (Å²) in [6, 6.07) is 6.47. The molecule has 1 saturated heterocycles. The number of hydrogen-bond acceptors (Lipinski definition) is 3. The Morgan fingerprint density at radius 3 is 2.90 bits per heavy atom. The van der Waals surface area contributed by atoms with Gasteiger partial charge in [0.15, 0.2) is 0 Å². The molecule has 3 rings (SSSR count). The SMILES string of the molecule is COc1ccc(CN2CC3CCCC(N)C3C2)cc1Cl. The zero-order valence-electron chi connectivity index (χ0n) is 12.0. The Bertz CT molecular complexity index is 480.